The lowest BCUT2D eigenvalue weighted by molar-refractivity contribution is -0.129. The maximum Gasteiger partial charge on any atom is 0.191 e. The fourth-order valence-electron chi connectivity index (χ4n) is 10.8. The summed E-state index contributed by atoms with van der Waals surface area (Å²) >= 11 is 0. The highest BCUT2D eigenvalue weighted by Crippen LogP contribution is 2.50. The highest BCUT2D eigenvalue weighted by atomic mass is 16.5. The summed E-state index contributed by atoms with van der Waals surface area (Å²) in [5.41, 5.74) is 13.1. The van der Waals surface area contributed by atoms with E-state index >= 15 is 0 Å². The van der Waals surface area contributed by atoms with Crippen molar-refractivity contribution in [3.05, 3.63) is 94.5 Å². The number of benzene rings is 2. The van der Waals surface area contributed by atoms with Crippen LogP contribution in [0.3, 0.4) is 0 Å². The standard InChI is InChI=1S/C51H60N4O6/c1-3-4-5-8-37(48(59)38-12-9-31(2)25-45(38)58)44(57)16-10-32-11-18-46-47(26-32)61-50-41(51(22-24-60-46)20-6-7-21-51)15-17-43(56)35-13-14-36-34(19-23-53-49(36)52)39(35)27-33-28-54-42-30-55(50)29-40(33)42/h9,11-14,18,26,28-31,37-38,41,43,45,48-50,53-54,56,58-59H,3-8,10,16,19-21,23,25,27,52H2,1-2H3/t31-,37-,38+,41-,43+,45-,48+,49+,50+/m1/s1. The fourth-order valence-corrected chi connectivity index (χ4v) is 10.8. The van der Waals surface area contributed by atoms with Crippen LogP contribution in [0.4, 0.5) is 0 Å². The van der Waals surface area contributed by atoms with Gasteiger partial charge in [-0.3, -0.25) is 10.1 Å². The highest BCUT2D eigenvalue weighted by Gasteiger charge is 2.47. The molecule has 3 aliphatic heterocycles. The van der Waals surface area contributed by atoms with Crippen LogP contribution >= 0.6 is 0 Å². The zero-order valence-electron chi connectivity index (χ0n) is 35.5. The number of unbranched alkanes of at least 4 members (excludes halogenated alkanes) is 2. The molecule has 0 unspecified atom stereocenters. The van der Waals surface area contributed by atoms with Crippen molar-refractivity contribution in [1.29, 1.82) is 0 Å². The second-order valence-electron chi connectivity index (χ2n) is 18.4. The molecule has 9 rings (SSSR count). The minimum absolute atomic E-state index is 0.00519. The average molecular weight is 825 g/mol. The topological polar surface area (TPSA) is 155 Å². The number of aromatic amines is 1. The Bertz CT molecular complexity index is 2420. The number of carbonyl (C=O) groups is 1. The van der Waals surface area contributed by atoms with Gasteiger partial charge in [-0.05, 0) is 90.0 Å². The Kier molecular flexibility index (Phi) is 11.9. The number of Topliss-reactive ketones (excluding diaryl/α,β-unsaturated/α-hetero) is 1. The van der Waals surface area contributed by atoms with E-state index in [9.17, 15) is 20.1 Å². The van der Waals surface area contributed by atoms with Gasteiger partial charge in [-0.25, -0.2) is 0 Å². The van der Waals surface area contributed by atoms with Crippen molar-refractivity contribution < 1.29 is 29.6 Å². The number of nitrogens with two attached hydrogens (primary N) is 1. The van der Waals surface area contributed by atoms with E-state index in [-0.39, 0.29) is 24.3 Å². The number of H-pyrrole nitrogens is 1. The number of rotatable bonds is 10. The molecule has 4 aromatic rings. The summed E-state index contributed by atoms with van der Waals surface area (Å²) in [6.45, 7) is 4.95. The Morgan fingerprint density at radius 1 is 1.05 bits per heavy atom. The number of ether oxygens (including phenoxy) is 2. The molecule has 9 atom stereocenters. The third-order valence-electron chi connectivity index (χ3n) is 14.3. The first kappa shape index (κ1) is 41.5. The van der Waals surface area contributed by atoms with E-state index in [0.29, 0.717) is 37.2 Å². The van der Waals surface area contributed by atoms with Crippen molar-refractivity contribution in [1.82, 2.24) is 14.9 Å². The van der Waals surface area contributed by atoms with E-state index in [1.807, 2.05) is 42.5 Å². The second kappa shape index (κ2) is 17.5. The number of aliphatic hydroxyl groups excluding tert-OH is 3. The van der Waals surface area contributed by atoms with Gasteiger partial charge in [0.25, 0.3) is 0 Å². The summed E-state index contributed by atoms with van der Waals surface area (Å²) in [6, 6.07) is 9.80. The molecule has 1 fully saturated rings. The summed E-state index contributed by atoms with van der Waals surface area (Å²) in [5, 5.41) is 38.9. The largest absolute Gasteiger partial charge is 0.465 e. The average Bonchev–Trinajstić information content (AvgIpc) is 4.00. The number of aliphatic hydroxyl groups is 3. The molecule has 2 aromatic heterocycles. The van der Waals surface area contributed by atoms with Crippen molar-refractivity contribution in [3.63, 3.8) is 0 Å². The molecule has 61 heavy (non-hydrogen) atoms. The monoisotopic (exact) mass is 824 g/mol. The Morgan fingerprint density at radius 2 is 1.89 bits per heavy atom. The van der Waals surface area contributed by atoms with Gasteiger partial charge in [-0.1, -0.05) is 94.1 Å². The Labute approximate surface area is 359 Å². The van der Waals surface area contributed by atoms with Crippen LogP contribution in [-0.4, -0.2) is 49.4 Å². The molecule has 0 radical (unpaired) electrons. The summed E-state index contributed by atoms with van der Waals surface area (Å²) in [6.07, 6.45) is 19.5. The minimum atomic E-state index is -1.03. The molecule has 2 bridgehead atoms. The Balaban J connectivity index is 1.06. The van der Waals surface area contributed by atoms with Crippen LogP contribution in [0.15, 0.2) is 61.1 Å². The first-order valence-electron chi connectivity index (χ1n) is 22.7. The van der Waals surface area contributed by atoms with E-state index in [0.717, 1.165) is 96.6 Å². The number of nitrogens with zero attached hydrogens (tertiary/aromatic N) is 1. The molecular weight excluding hydrogens is 765 g/mol. The van der Waals surface area contributed by atoms with Crippen LogP contribution < -0.4 is 20.5 Å². The molecule has 1 spiro atoms. The van der Waals surface area contributed by atoms with Gasteiger partial charge in [0.2, 0.25) is 0 Å². The normalized spacial score (nSPS) is 27.1. The molecule has 5 aliphatic rings. The van der Waals surface area contributed by atoms with Gasteiger partial charge in [0.1, 0.15) is 18.0 Å². The summed E-state index contributed by atoms with van der Waals surface area (Å²) in [7, 11) is 0. The van der Waals surface area contributed by atoms with Crippen molar-refractivity contribution in [2.24, 2.45) is 34.8 Å². The molecule has 10 nitrogen and oxygen atoms in total. The first-order chi connectivity index (χ1) is 29.6. The minimum Gasteiger partial charge on any atom is -0.465 e. The van der Waals surface area contributed by atoms with Crippen molar-refractivity contribution in [2.45, 2.75) is 128 Å². The van der Waals surface area contributed by atoms with Crippen molar-refractivity contribution in [3.8, 4) is 35.4 Å². The van der Waals surface area contributed by atoms with Gasteiger partial charge < -0.3 is 40.1 Å². The second-order valence-corrected chi connectivity index (χ2v) is 18.4. The maximum absolute atomic E-state index is 14.0. The zero-order valence-corrected chi connectivity index (χ0v) is 35.5. The number of ketones is 1. The smallest absolute Gasteiger partial charge is 0.191 e. The van der Waals surface area contributed by atoms with Gasteiger partial charge in [0.15, 0.2) is 17.7 Å². The lowest BCUT2D eigenvalue weighted by atomic mass is 9.73. The Morgan fingerprint density at radius 3 is 2.70 bits per heavy atom. The Hall–Kier alpha value is -4.81. The highest BCUT2D eigenvalue weighted by molar-refractivity contribution is 5.84. The fraction of sp³-hybridized carbons (Fsp3) is 0.510. The number of carbonyl (C=O) groups excluding carboxylic acids is 1. The van der Waals surface area contributed by atoms with Gasteiger partial charge in [0.05, 0.1) is 35.2 Å². The molecule has 5 heterocycles. The maximum atomic E-state index is 14.0. The molecule has 0 amide bonds. The summed E-state index contributed by atoms with van der Waals surface area (Å²) < 4.78 is 15.5. The summed E-state index contributed by atoms with van der Waals surface area (Å²) in [5.74, 6) is 10.2. The van der Waals surface area contributed by atoms with Crippen molar-refractivity contribution >= 4 is 16.7 Å². The van der Waals surface area contributed by atoms with Gasteiger partial charge in [-0.15, -0.1) is 0 Å². The van der Waals surface area contributed by atoms with Gasteiger partial charge in [-0.2, -0.15) is 0 Å². The zero-order chi connectivity index (χ0) is 42.3. The molecule has 10 heteroatoms. The predicted octanol–water partition coefficient (Wildman–Crippen LogP) is 7.45. The lowest BCUT2D eigenvalue weighted by Gasteiger charge is -2.35. The van der Waals surface area contributed by atoms with Crippen molar-refractivity contribution in [2.75, 3.05) is 6.54 Å². The molecule has 2 aromatic carbocycles. The van der Waals surface area contributed by atoms with Crippen LogP contribution in [0.1, 0.15) is 130 Å². The van der Waals surface area contributed by atoms with E-state index in [1.54, 1.807) is 0 Å². The van der Waals surface area contributed by atoms with E-state index in [1.165, 1.54) is 5.56 Å². The number of nitrogens with one attached hydrogen (secondary N) is 2. The third kappa shape index (κ3) is 8.18. The summed E-state index contributed by atoms with van der Waals surface area (Å²) in [4.78, 5) is 17.6. The number of hydrogen-bond donors (Lipinski definition) is 6. The number of aryl methyl sites for hydroxylation is 1. The van der Waals surface area contributed by atoms with Crippen LogP contribution in [0.2, 0.25) is 0 Å². The lowest BCUT2D eigenvalue weighted by Crippen LogP contribution is -2.41. The molecule has 2 aliphatic carbocycles. The van der Waals surface area contributed by atoms with E-state index in [2.05, 4.69) is 71.2 Å². The van der Waals surface area contributed by atoms with Crippen LogP contribution in [0.5, 0.6) is 11.5 Å². The first-order valence-corrected chi connectivity index (χ1v) is 22.7. The number of fused-ring (bicyclic) bond motifs is 8. The number of hydrogen-bond acceptors (Lipinski definition) is 8. The van der Waals surface area contributed by atoms with Crippen LogP contribution in [-0.2, 0) is 24.1 Å². The molecule has 0 saturated heterocycles. The molecule has 7 N–H and O–H groups in total. The third-order valence-corrected chi connectivity index (χ3v) is 14.3. The predicted molar refractivity (Wildman–Crippen MR) is 235 cm³/mol. The van der Waals surface area contributed by atoms with E-state index < -0.39 is 47.7 Å². The number of aromatic nitrogens is 2. The molecular formula is C51H60N4O6. The van der Waals surface area contributed by atoms with Gasteiger partial charge in [0, 0.05) is 55.2 Å². The SMILES string of the molecule is CCCCC[C@H](C(=O)CCc1ccc2c(c1)O[C@H]1[C@@H](C#C[C@H](O)c3ccc4c(c3Cc3c[nH]c5cn1cc35)CCN[C@@H]4N)C1(C#CO2)CCCC1)[C@H](O)[C@H]1C=C[C@@H](C)C[C@H]1O. The quantitative estimate of drug-likeness (QED) is 0.0548. The number of allylic oxidation sites excluding steroid dienone is 1. The van der Waals surface area contributed by atoms with Crippen LogP contribution in [0.25, 0.3) is 10.9 Å². The van der Waals surface area contributed by atoms with E-state index in [4.69, 9.17) is 15.2 Å². The molecule has 320 valence electrons. The van der Waals surface area contributed by atoms with Crippen LogP contribution in [0, 0.1) is 53.0 Å². The molecule has 1 saturated carbocycles. The van der Waals surface area contributed by atoms with Gasteiger partial charge >= 0.3 is 0 Å².